The summed E-state index contributed by atoms with van der Waals surface area (Å²) in [6, 6.07) is 6.82. The first-order chi connectivity index (χ1) is 17.5. The number of hydrogen-bond acceptors (Lipinski definition) is 4. The number of carbonyl (C=O) groups excluding carboxylic acids is 2. The number of amides is 2. The summed E-state index contributed by atoms with van der Waals surface area (Å²) in [4.78, 5) is 28.0. The van der Waals surface area contributed by atoms with Gasteiger partial charge in [-0.05, 0) is 63.4 Å². The predicted octanol–water partition coefficient (Wildman–Crippen LogP) is 5.54. The van der Waals surface area contributed by atoms with Crippen molar-refractivity contribution in [2.24, 2.45) is 0 Å². The molecule has 0 bridgehead atoms. The second-order valence-corrected chi connectivity index (χ2v) is 12.7. The molecule has 2 amide bonds. The van der Waals surface area contributed by atoms with E-state index in [1.54, 1.807) is 25.1 Å². The largest absolute Gasteiger partial charge is 0.350 e. The molecule has 2 rings (SSSR count). The fraction of sp³-hybridized carbons (Fsp3) is 0.462. The van der Waals surface area contributed by atoms with Gasteiger partial charge in [-0.25, -0.2) is 17.2 Å². The molecular weight excluding hydrogens is 559 g/mol. The molecule has 0 radical (unpaired) electrons. The van der Waals surface area contributed by atoms with Crippen molar-refractivity contribution < 1.29 is 26.8 Å². The minimum atomic E-state index is -3.85. The molecule has 7 nitrogen and oxygen atoms in total. The van der Waals surface area contributed by atoms with E-state index in [1.165, 1.54) is 4.90 Å². The SMILES string of the molecule is CCC(C(=O)NC(C)(C)C)N(Cc1ccc(Cl)cc1Cl)C(=O)CCCN(c1ccc(F)c(F)c1)S(C)(=O)=O. The van der Waals surface area contributed by atoms with Crippen LogP contribution in [-0.4, -0.2) is 49.5 Å². The van der Waals surface area contributed by atoms with E-state index in [0.717, 1.165) is 28.8 Å². The van der Waals surface area contributed by atoms with Crippen molar-refractivity contribution in [2.45, 2.75) is 65.1 Å². The topological polar surface area (TPSA) is 86.8 Å². The van der Waals surface area contributed by atoms with Gasteiger partial charge < -0.3 is 10.2 Å². The van der Waals surface area contributed by atoms with Gasteiger partial charge in [0.25, 0.3) is 0 Å². The molecule has 12 heteroatoms. The fourth-order valence-electron chi connectivity index (χ4n) is 3.85. The van der Waals surface area contributed by atoms with Gasteiger partial charge in [0.15, 0.2) is 11.6 Å². The van der Waals surface area contributed by atoms with Gasteiger partial charge in [-0.3, -0.25) is 13.9 Å². The lowest BCUT2D eigenvalue weighted by Crippen LogP contribution is -2.53. The molecule has 0 heterocycles. The van der Waals surface area contributed by atoms with Crippen molar-refractivity contribution in [2.75, 3.05) is 17.1 Å². The van der Waals surface area contributed by atoms with Crippen LogP contribution in [0.4, 0.5) is 14.5 Å². The highest BCUT2D eigenvalue weighted by Gasteiger charge is 2.31. The fourth-order valence-corrected chi connectivity index (χ4v) is 5.28. The lowest BCUT2D eigenvalue weighted by Gasteiger charge is -2.33. The van der Waals surface area contributed by atoms with Crippen molar-refractivity contribution in [1.29, 1.82) is 0 Å². The zero-order valence-electron chi connectivity index (χ0n) is 22.0. The number of halogens is 4. The van der Waals surface area contributed by atoms with Gasteiger partial charge in [0, 0.05) is 41.2 Å². The summed E-state index contributed by atoms with van der Waals surface area (Å²) in [5.41, 5.74) is 0.00278. The molecule has 0 aromatic heterocycles. The number of sulfonamides is 1. The van der Waals surface area contributed by atoms with Crippen LogP contribution in [0, 0.1) is 11.6 Å². The van der Waals surface area contributed by atoms with Crippen LogP contribution in [0.1, 0.15) is 52.5 Å². The Hall–Kier alpha value is -2.43. The molecule has 0 aliphatic heterocycles. The van der Waals surface area contributed by atoms with Crippen LogP contribution in [0.3, 0.4) is 0 Å². The van der Waals surface area contributed by atoms with Crippen LogP contribution in [0.15, 0.2) is 36.4 Å². The number of anilines is 1. The second-order valence-electron chi connectivity index (χ2n) is 9.96. The van der Waals surface area contributed by atoms with Crippen molar-refractivity contribution in [3.8, 4) is 0 Å². The highest BCUT2D eigenvalue weighted by Crippen LogP contribution is 2.25. The number of nitrogens with zero attached hydrogens (tertiary/aromatic N) is 2. The van der Waals surface area contributed by atoms with Crippen LogP contribution in [-0.2, 0) is 26.2 Å². The van der Waals surface area contributed by atoms with Crippen molar-refractivity contribution in [3.63, 3.8) is 0 Å². The third-order valence-corrected chi connectivity index (χ3v) is 7.36. The average molecular weight is 593 g/mol. The normalized spacial score (nSPS) is 12.7. The number of hydrogen-bond donors (Lipinski definition) is 1. The molecule has 0 saturated heterocycles. The number of nitrogens with one attached hydrogen (secondary N) is 1. The molecule has 2 aromatic rings. The summed E-state index contributed by atoms with van der Waals surface area (Å²) in [7, 11) is -3.85. The Morgan fingerprint density at radius 2 is 1.71 bits per heavy atom. The number of rotatable bonds is 11. The zero-order chi connectivity index (χ0) is 28.8. The maximum Gasteiger partial charge on any atom is 0.243 e. The summed E-state index contributed by atoms with van der Waals surface area (Å²) < 4.78 is 52.7. The molecule has 1 N–H and O–H groups in total. The van der Waals surface area contributed by atoms with Crippen molar-refractivity contribution in [1.82, 2.24) is 10.2 Å². The van der Waals surface area contributed by atoms with Gasteiger partial charge in [-0.2, -0.15) is 0 Å². The van der Waals surface area contributed by atoms with Gasteiger partial charge in [0.05, 0.1) is 11.9 Å². The van der Waals surface area contributed by atoms with E-state index in [1.807, 2.05) is 20.8 Å². The van der Waals surface area contributed by atoms with Gasteiger partial charge in [-0.15, -0.1) is 0 Å². The van der Waals surface area contributed by atoms with E-state index in [0.29, 0.717) is 22.0 Å². The van der Waals surface area contributed by atoms with E-state index in [4.69, 9.17) is 23.2 Å². The van der Waals surface area contributed by atoms with Crippen molar-refractivity contribution in [3.05, 3.63) is 63.6 Å². The zero-order valence-corrected chi connectivity index (χ0v) is 24.4. The molecule has 1 unspecified atom stereocenters. The Labute approximate surface area is 233 Å². The second kappa shape index (κ2) is 13.1. The molecule has 0 aliphatic carbocycles. The Morgan fingerprint density at radius 3 is 2.24 bits per heavy atom. The van der Waals surface area contributed by atoms with Crippen LogP contribution in [0.5, 0.6) is 0 Å². The third kappa shape index (κ3) is 9.10. The van der Waals surface area contributed by atoms with Crippen LogP contribution in [0.2, 0.25) is 10.0 Å². The maximum absolute atomic E-state index is 13.8. The van der Waals surface area contributed by atoms with Gasteiger partial charge in [0.1, 0.15) is 6.04 Å². The van der Waals surface area contributed by atoms with Crippen LogP contribution in [0.25, 0.3) is 0 Å². The van der Waals surface area contributed by atoms with Gasteiger partial charge in [-0.1, -0.05) is 36.2 Å². The van der Waals surface area contributed by atoms with Gasteiger partial charge in [0.2, 0.25) is 21.8 Å². The number of carbonyl (C=O) groups is 2. The molecule has 0 aliphatic rings. The third-order valence-electron chi connectivity index (χ3n) is 5.58. The van der Waals surface area contributed by atoms with E-state index in [2.05, 4.69) is 5.32 Å². The molecule has 0 fully saturated rings. The molecular formula is C26H33Cl2F2N3O4S. The molecule has 38 heavy (non-hydrogen) atoms. The predicted molar refractivity (Wildman–Crippen MR) is 147 cm³/mol. The molecule has 2 aromatic carbocycles. The minimum Gasteiger partial charge on any atom is -0.350 e. The summed E-state index contributed by atoms with van der Waals surface area (Å²) >= 11 is 12.4. The first-order valence-corrected chi connectivity index (χ1v) is 14.6. The lowest BCUT2D eigenvalue weighted by molar-refractivity contribution is -0.142. The van der Waals surface area contributed by atoms with E-state index in [-0.39, 0.29) is 37.5 Å². The summed E-state index contributed by atoms with van der Waals surface area (Å²) in [6.07, 6.45) is 1.21. The average Bonchev–Trinajstić information content (AvgIpc) is 2.78. The maximum atomic E-state index is 13.8. The quantitative estimate of drug-likeness (QED) is 0.371. The Morgan fingerprint density at radius 1 is 1.05 bits per heavy atom. The van der Waals surface area contributed by atoms with Gasteiger partial charge >= 0.3 is 0 Å². The smallest absolute Gasteiger partial charge is 0.243 e. The minimum absolute atomic E-state index is 0.0316. The molecule has 0 spiro atoms. The first kappa shape index (κ1) is 31.8. The molecule has 210 valence electrons. The Balaban J connectivity index is 2.29. The summed E-state index contributed by atoms with van der Waals surface area (Å²) in [6.45, 7) is 7.15. The monoisotopic (exact) mass is 591 g/mol. The van der Waals surface area contributed by atoms with Crippen molar-refractivity contribution >= 4 is 50.7 Å². The molecule has 1 atom stereocenters. The lowest BCUT2D eigenvalue weighted by atomic mass is 10.0. The van der Waals surface area contributed by atoms with Crippen LogP contribution < -0.4 is 9.62 Å². The summed E-state index contributed by atoms with van der Waals surface area (Å²) in [5.74, 6) is -3.02. The Kier molecular flexibility index (Phi) is 10.9. The van der Waals surface area contributed by atoms with Crippen LogP contribution >= 0.6 is 23.2 Å². The Bertz CT molecular complexity index is 1270. The molecule has 0 saturated carbocycles. The standard InChI is InChI=1S/C26H33Cl2F2N3O4S/c1-6-23(25(35)31-26(2,3)4)32(16-17-9-10-18(27)14-20(17)28)24(34)8-7-13-33(38(5,36)37)19-11-12-21(29)22(30)15-19/h9-12,14-15,23H,6-8,13,16H2,1-5H3,(H,31,35). The van der Waals surface area contributed by atoms with E-state index < -0.39 is 39.1 Å². The van der Waals surface area contributed by atoms with E-state index in [9.17, 15) is 26.8 Å². The summed E-state index contributed by atoms with van der Waals surface area (Å²) in [5, 5.41) is 3.66. The van der Waals surface area contributed by atoms with E-state index >= 15 is 0 Å². The number of benzene rings is 2. The highest BCUT2D eigenvalue weighted by molar-refractivity contribution is 7.92. The first-order valence-electron chi connectivity index (χ1n) is 12.0. The highest BCUT2D eigenvalue weighted by atomic mass is 35.5.